The van der Waals surface area contributed by atoms with Gasteiger partial charge in [0.2, 0.25) is 5.91 Å². The molecule has 70 heavy (non-hydrogen) atoms. The number of benzene rings is 1. The summed E-state index contributed by atoms with van der Waals surface area (Å²) < 4.78 is 63.1. The number of esters is 1. The summed E-state index contributed by atoms with van der Waals surface area (Å²) in [6.45, 7) is 12.9. The molecule has 7 rings (SSSR count). The van der Waals surface area contributed by atoms with Gasteiger partial charge in [0.05, 0.1) is 59.0 Å². The van der Waals surface area contributed by atoms with Crippen LogP contribution in [0.4, 0.5) is 13.2 Å². The van der Waals surface area contributed by atoms with Gasteiger partial charge in [0.15, 0.2) is 0 Å². The van der Waals surface area contributed by atoms with Crippen LogP contribution in [0.5, 0.6) is 0 Å². The fourth-order valence-corrected chi connectivity index (χ4v) is 9.63. The molecule has 2 N–H and O–H groups in total. The number of nitrogens with one attached hydrogen (secondary N) is 2. The number of halogens is 3. The van der Waals surface area contributed by atoms with Crippen molar-refractivity contribution >= 4 is 45.9 Å². The Labute approximate surface area is 411 Å². The minimum absolute atomic E-state index is 0.00876. The second-order valence-electron chi connectivity index (χ2n) is 20.4. The van der Waals surface area contributed by atoms with Gasteiger partial charge in [-0.25, -0.2) is 10.4 Å². The number of ether oxygens (including phenoxy) is 3. The molecule has 0 unspecified atom stereocenters. The molecule has 0 saturated carbocycles. The second kappa shape index (κ2) is 21.1. The Kier molecular flexibility index (Phi) is 15.8. The summed E-state index contributed by atoms with van der Waals surface area (Å²) in [7, 11) is 5.31. The number of hydrogen-bond donors (Lipinski definition) is 2. The first-order chi connectivity index (χ1) is 32.9. The summed E-state index contributed by atoms with van der Waals surface area (Å²) in [5.41, 5.74) is 5.26. The predicted octanol–water partition coefficient (Wildman–Crippen LogP) is 6.59. The lowest BCUT2D eigenvalue weighted by atomic mass is 9.84. The van der Waals surface area contributed by atoms with E-state index in [1.54, 1.807) is 42.3 Å². The van der Waals surface area contributed by atoms with Gasteiger partial charge >= 0.3 is 12.1 Å². The first-order valence-electron chi connectivity index (χ1n) is 23.8. The number of aromatic nitrogens is 3. The Hall–Kier alpha value is -5.39. The van der Waals surface area contributed by atoms with E-state index in [0.717, 1.165) is 0 Å². The molecule has 2 fully saturated rings. The van der Waals surface area contributed by atoms with Crippen molar-refractivity contribution in [2.24, 2.45) is 17.3 Å². The molecule has 0 spiro atoms. The standard InChI is InChI=1S/C51H65F3N8O7S/c1-30(2)37(26-68-33-24-60(25-33)43(63)17-18-50(6,7)59(8)9)46(64)57-39-22-42-56-40(27-70-42)32-15-16-41-35(21-32)36(23-49(4,5)29-69-48(66)38-14-12-20-62(58-38)47(39)65)45(61(41)28-51(52,53)54)34-13-11-19-55-44(34)31(3)67-10/h11,13,15-16,19,21,27,30-31,33,37-39,58H,12,14,20,22-26,28-29H2,1-10H3,(H,57,64)/t31-,37-,38-,39-/m0/s1. The fourth-order valence-electron chi connectivity index (χ4n) is 8.78. The molecule has 0 aliphatic carbocycles. The number of thiazole rings is 1. The number of cyclic esters (lactones) is 1. The van der Waals surface area contributed by atoms with Crippen LogP contribution >= 0.6 is 11.3 Å². The number of carbonyl (C=O) groups excluding carboxylic acids is 4. The zero-order valence-corrected chi connectivity index (χ0v) is 42.5. The van der Waals surface area contributed by atoms with E-state index < -0.39 is 65.6 Å². The maximum atomic E-state index is 14.7. The largest absolute Gasteiger partial charge is 0.464 e. The second-order valence-corrected chi connectivity index (χ2v) is 21.4. The molecular weight excluding hydrogens is 926 g/mol. The highest BCUT2D eigenvalue weighted by atomic mass is 32.1. The molecular formula is C51H65F3N8O7S. The lowest BCUT2D eigenvalue weighted by Crippen LogP contribution is -2.61. The summed E-state index contributed by atoms with van der Waals surface area (Å²) in [6, 6.07) is 6.71. The summed E-state index contributed by atoms with van der Waals surface area (Å²) >= 11 is 1.29. The van der Waals surface area contributed by atoms with Crippen LogP contribution < -0.4 is 10.7 Å². The first-order valence-corrected chi connectivity index (χ1v) is 24.6. The highest BCUT2D eigenvalue weighted by Gasteiger charge is 2.39. The number of amides is 3. The van der Waals surface area contributed by atoms with Gasteiger partial charge in [-0.1, -0.05) is 39.7 Å². The average molecular weight is 991 g/mol. The van der Waals surface area contributed by atoms with E-state index in [9.17, 15) is 32.3 Å². The number of hydrogen-bond acceptors (Lipinski definition) is 12. The molecule has 15 nitrogen and oxygen atoms in total. The lowest BCUT2D eigenvalue weighted by molar-refractivity contribution is -0.155. The van der Waals surface area contributed by atoms with Crippen molar-refractivity contribution in [3.05, 3.63) is 58.2 Å². The monoisotopic (exact) mass is 990 g/mol. The molecule has 19 heteroatoms. The SMILES string of the molecule is CO[C@@H](C)c1ncccc1-c1c2c3cc(ccc3n1CC(F)(F)F)-c1csc(n1)C[C@H](NC(=O)[C@@H](COC1CN(C(=O)C#CC(C)(C)N(C)C)C1)C(C)C)C(=O)N1CCC[C@H](N1)C(=O)OCC(C)(C)C2. The van der Waals surface area contributed by atoms with E-state index in [0.29, 0.717) is 75.6 Å². The number of hydrazine groups is 1. The average Bonchev–Trinajstić information content (AvgIpc) is 3.87. The number of likely N-dealkylation sites (tertiary alicyclic amines) is 1. The number of nitrogens with zero attached hydrogens (tertiary/aromatic N) is 6. The molecule has 6 bridgehead atoms. The summed E-state index contributed by atoms with van der Waals surface area (Å²) in [5.74, 6) is 3.17. The Morgan fingerprint density at radius 2 is 1.87 bits per heavy atom. The number of fused-ring (bicyclic) bond motifs is 6. The van der Waals surface area contributed by atoms with Crippen molar-refractivity contribution in [1.29, 1.82) is 0 Å². The van der Waals surface area contributed by atoms with E-state index in [4.69, 9.17) is 19.2 Å². The molecule has 3 aliphatic rings. The molecule has 3 aliphatic heterocycles. The van der Waals surface area contributed by atoms with Crippen LogP contribution in [-0.4, -0.2) is 137 Å². The number of methoxy groups -OCH3 is 1. The molecule has 4 atom stereocenters. The minimum Gasteiger partial charge on any atom is -0.464 e. The fraction of sp³-hybridized carbons (Fsp3) is 0.569. The number of rotatable bonds is 11. The van der Waals surface area contributed by atoms with Gasteiger partial charge in [0, 0.05) is 72.2 Å². The summed E-state index contributed by atoms with van der Waals surface area (Å²) in [5, 5.41) is 7.30. The molecule has 6 heterocycles. The minimum atomic E-state index is -4.58. The third-order valence-electron chi connectivity index (χ3n) is 13.6. The van der Waals surface area contributed by atoms with Crippen LogP contribution in [0, 0.1) is 29.1 Å². The van der Waals surface area contributed by atoms with Gasteiger partial charge in [0.1, 0.15) is 18.6 Å². The third kappa shape index (κ3) is 12.0. The van der Waals surface area contributed by atoms with Crippen molar-refractivity contribution in [3.8, 4) is 34.4 Å². The van der Waals surface area contributed by atoms with E-state index >= 15 is 0 Å². The zero-order valence-electron chi connectivity index (χ0n) is 41.7. The smallest absolute Gasteiger partial charge is 0.406 e. The van der Waals surface area contributed by atoms with Crippen molar-refractivity contribution < 1.29 is 46.6 Å². The molecule has 2 saturated heterocycles. The number of carbonyl (C=O) groups is 4. The van der Waals surface area contributed by atoms with E-state index in [1.165, 1.54) is 28.0 Å². The van der Waals surface area contributed by atoms with Crippen LogP contribution in [0.3, 0.4) is 0 Å². The highest BCUT2D eigenvalue weighted by Crippen LogP contribution is 2.43. The molecule has 3 aromatic heterocycles. The van der Waals surface area contributed by atoms with E-state index in [2.05, 4.69) is 27.6 Å². The first kappa shape index (κ1) is 52.4. The Morgan fingerprint density at radius 1 is 1.13 bits per heavy atom. The van der Waals surface area contributed by atoms with Crippen molar-refractivity contribution in [2.75, 3.05) is 54.1 Å². The van der Waals surface area contributed by atoms with Crippen molar-refractivity contribution in [1.82, 2.24) is 40.1 Å². The number of pyridine rings is 1. The van der Waals surface area contributed by atoms with Crippen LogP contribution in [0.25, 0.3) is 33.4 Å². The molecule has 0 radical (unpaired) electrons. The number of alkyl halides is 3. The lowest BCUT2D eigenvalue weighted by Gasteiger charge is -2.38. The topological polar surface area (TPSA) is 160 Å². The maximum absolute atomic E-state index is 14.7. The van der Waals surface area contributed by atoms with Gasteiger partial charge in [-0.15, -0.1) is 11.3 Å². The van der Waals surface area contributed by atoms with E-state index in [1.807, 2.05) is 72.0 Å². The van der Waals surface area contributed by atoms with Gasteiger partial charge in [0.25, 0.3) is 11.8 Å². The quantitative estimate of drug-likeness (QED) is 0.123. The van der Waals surface area contributed by atoms with Crippen LogP contribution in [0.2, 0.25) is 0 Å². The van der Waals surface area contributed by atoms with Crippen LogP contribution in [0.15, 0.2) is 41.9 Å². The summed E-state index contributed by atoms with van der Waals surface area (Å²) in [4.78, 5) is 68.5. The molecule has 1 aromatic carbocycles. The van der Waals surface area contributed by atoms with Gasteiger partial charge < -0.3 is 29.0 Å². The van der Waals surface area contributed by atoms with E-state index in [-0.39, 0.29) is 50.5 Å². The van der Waals surface area contributed by atoms with Gasteiger partial charge in [-0.2, -0.15) is 13.2 Å². The molecule has 3 amide bonds. The maximum Gasteiger partial charge on any atom is 0.406 e. The van der Waals surface area contributed by atoms with Crippen molar-refractivity contribution in [2.45, 2.75) is 117 Å². The molecule has 4 aromatic rings. The Bertz CT molecular complexity index is 2640. The zero-order chi connectivity index (χ0) is 50.9. The molecule has 378 valence electrons. The summed E-state index contributed by atoms with van der Waals surface area (Å²) in [6.07, 6.45) is -2.75. The van der Waals surface area contributed by atoms with Crippen molar-refractivity contribution in [3.63, 3.8) is 0 Å². The normalized spacial score (nSPS) is 20.1. The third-order valence-corrected chi connectivity index (χ3v) is 14.4. The van der Waals surface area contributed by atoms with Gasteiger partial charge in [-0.3, -0.25) is 34.1 Å². The predicted molar refractivity (Wildman–Crippen MR) is 260 cm³/mol. The van der Waals surface area contributed by atoms with Crippen LogP contribution in [0.1, 0.15) is 83.7 Å². The highest BCUT2D eigenvalue weighted by molar-refractivity contribution is 7.10. The van der Waals surface area contributed by atoms with Crippen LogP contribution in [-0.2, 0) is 52.8 Å². The van der Waals surface area contributed by atoms with Gasteiger partial charge in [-0.05, 0) is 95.8 Å². The Morgan fingerprint density at radius 3 is 2.56 bits per heavy atom. The Balaban J connectivity index is 1.21.